The second-order valence-corrected chi connectivity index (χ2v) is 4.69. The van der Waals surface area contributed by atoms with Crippen LogP contribution in [-0.4, -0.2) is 38.3 Å². The number of benzene rings is 1. The third kappa shape index (κ3) is 3.64. The summed E-state index contributed by atoms with van der Waals surface area (Å²) in [5, 5.41) is 0. The second-order valence-electron chi connectivity index (χ2n) is 4.69. The third-order valence-electron chi connectivity index (χ3n) is 3.17. The van der Waals surface area contributed by atoms with Crippen molar-refractivity contribution in [2.45, 2.75) is 19.6 Å². The maximum Gasteiger partial charge on any atom is 0.127 e. The molecule has 1 atom stereocenters. The molecule has 0 aliphatic carbocycles. The van der Waals surface area contributed by atoms with Crippen molar-refractivity contribution in [2.24, 2.45) is 0 Å². The van der Waals surface area contributed by atoms with E-state index in [1.807, 2.05) is 18.2 Å². The predicted molar refractivity (Wildman–Crippen MR) is 74.5 cm³/mol. The molecule has 19 heavy (non-hydrogen) atoms. The van der Waals surface area contributed by atoms with Crippen molar-refractivity contribution in [1.29, 1.82) is 0 Å². The second kappa shape index (κ2) is 6.48. The first kappa shape index (κ1) is 13.7. The van der Waals surface area contributed by atoms with Crippen molar-refractivity contribution in [3.05, 3.63) is 36.1 Å². The van der Waals surface area contributed by atoms with Gasteiger partial charge in [0.2, 0.25) is 0 Å². The normalized spacial score (nSPS) is 19.6. The van der Waals surface area contributed by atoms with Gasteiger partial charge in [-0.3, -0.25) is 4.90 Å². The van der Waals surface area contributed by atoms with Gasteiger partial charge in [0, 0.05) is 31.3 Å². The molecule has 0 N–H and O–H groups in total. The molecule has 0 saturated carbocycles. The van der Waals surface area contributed by atoms with Crippen LogP contribution in [0.1, 0.15) is 12.5 Å². The van der Waals surface area contributed by atoms with Crippen LogP contribution in [0.4, 0.5) is 0 Å². The van der Waals surface area contributed by atoms with Crippen molar-refractivity contribution in [2.75, 3.05) is 27.3 Å². The highest BCUT2D eigenvalue weighted by Crippen LogP contribution is 2.26. The van der Waals surface area contributed by atoms with E-state index in [0.29, 0.717) is 0 Å². The summed E-state index contributed by atoms with van der Waals surface area (Å²) in [4.78, 5) is 2.33. The van der Waals surface area contributed by atoms with Gasteiger partial charge in [-0.2, -0.15) is 0 Å². The van der Waals surface area contributed by atoms with Crippen molar-refractivity contribution in [3.8, 4) is 11.5 Å². The van der Waals surface area contributed by atoms with Crippen LogP contribution in [0.15, 0.2) is 30.5 Å². The average Bonchev–Trinajstić information content (AvgIpc) is 2.63. The van der Waals surface area contributed by atoms with Crippen LogP contribution < -0.4 is 9.47 Å². The first-order valence-electron chi connectivity index (χ1n) is 6.46. The van der Waals surface area contributed by atoms with Crippen LogP contribution in [0.3, 0.4) is 0 Å². The molecule has 0 amide bonds. The Morgan fingerprint density at radius 2 is 2.16 bits per heavy atom. The Morgan fingerprint density at radius 1 is 1.32 bits per heavy atom. The summed E-state index contributed by atoms with van der Waals surface area (Å²) in [6.07, 6.45) is 4.04. The van der Waals surface area contributed by atoms with Gasteiger partial charge in [0.1, 0.15) is 17.6 Å². The molecule has 1 aliphatic rings. The summed E-state index contributed by atoms with van der Waals surface area (Å²) in [5.41, 5.74) is 1.16. The van der Waals surface area contributed by atoms with Crippen LogP contribution in [0, 0.1) is 0 Å². The minimum Gasteiger partial charge on any atom is -0.497 e. The highest BCUT2D eigenvalue weighted by Gasteiger charge is 2.15. The smallest absolute Gasteiger partial charge is 0.127 e. The number of hydrogen-bond acceptors (Lipinski definition) is 4. The summed E-state index contributed by atoms with van der Waals surface area (Å²) < 4.78 is 16.1. The first-order chi connectivity index (χ1) is 9.22. The average molecular weight is 263 g/mol. The van der Waals surface area contributed by atoms with E-state index in [-0.39, 0.29) is 6.10 Å². The van der Waals surface area contributed by atoms with E-state index in [0.717, 1.165) is 36.7 Å². The predicted octanol–water partition coefficient (Wildman–Crippen LogP) is 2.44. The summed E-state index contributed by atoms with van der Waals surface area (Å²) in [6, 6.07) is 5.94. The lowest BCUT2D eigenvalue weighted by Gasteiger charge is -2.22. The Hall–Kier alpha value is -1.68. The Bertz CT molecular complexity index is 445. The molecule has 0 spiro atoms. The molecule has 0 unspecified atom stereocenters. The van der Waals surface area contributed by atoms with Crippen molar-refractivity contribution < 1.29 is 14.2 Å². The van der Waals surface area contributed by atoms with E-state index in [9.17, 15) is 0 Å². The lowest BCUT2D eigenvalue weighted by atomic mass is 10.1. The van der Waals surface area contributed by atoms with E-state index in [4.69, 9.17) is 14.2 Å². The molecule has 0 fully saturated rings. The molecular weight excluding hydrogens is 242 g/mol. The fourth-order valence-corrected chi connectivity index (χ4v) is 2.22. The summed E-state index contributed by atoms with van der Waals surface area (Å²) in [7, 11) is 3.35. The van der Waals surface area contributed by atoms with Crippen molar-refractivity contribution >= 4 is 0 Å². The zero-order chi connectivity index (χ0) is 13.7. The van der Waals surface area contributed by atoms with E-state index in [1.54, 1.807) is 20.5 Å². The van der Waals surface area contributed by atoms with Gasteiger partial charge in [-0.05, 0) is 19.1 Å². The van der Waals surface area contributed by atoms with Crippen LogP contribution in [0.5, 0.6) is 11.5 Å². The summed E-state index contributed by atoms with van der Waals surface area (Å²) >= 11 is 0. The Kier molecular flexibility index (Phi) is 4.68. The van der Waals surface area contributed by atoms with Gasteiger partial charge in [0.05, 0.1) is 20.5 Å². The fourth-order valence-electron chi connectivity index (χ4n) is 2.22. The SMILES string of the molecule is COc1ccc(CN2CC=CO[C@H](C)C2)c(OC)c1. The number of methoxy groups -OCH3 is 2. The molecule has 1 aliphatic heterocycles. The first-order valence-corrected chi connectivity index (χ1v) is 6.46. The quantitative estimate of drug-likeness (QED) is 0.835. The molecule has 4 nitrogen and oxygen atoms in total. The van der Waals surface area contributed by atoms with E-state index >= 15 is 0 Å². The summed E-state index contributed by atoms with van der Waals surface area (Å²) in [6.45, 7) is 4.71. The molecule has 104 valence electrons. The maximum absolute atomic E-state index is 5.49. The molecule has 0 saturated heterocycles. The van der Waals surface area contributed by atoms with Gasteiger partial charge in [0.15, 0.2) is 0 Å². The highest BCUT2D eigenvalue weighted by molar-refractivity contribution is 5.40. The number of nitrogens with zero attached hydrogens (tertiary/aromatic N) is 1. The van der Waals surface area contributed by atoms with Crippen LogP contribution in [0.25, 0.3) is 0 Å². The molecule has 4 heteroatoms. The Morgan fingerprint density at radius 3 is 2.89 bits per heavy atom. The Labute approximate surface area is 114 Å². The molecule has 0 radical (unpaired) electrons. The van der Waals surface area contributed by atoms with Crippen LogP contribution in [0.2, 0.25) is 0 Å². The number of hydrogen-bond donors (Lipinski definition) is 0. The molecule has 1 aromatic carbocycles. The molecular formula is C15H21NO3. The van der Waals surface area contributed by atoms with Gasteiger partial charge < -0.3 is 14.2 Å². The monoisotopic (exact) mass is 263 g/mol. The lowest BCUT2D eigenvalue weighted by Crippen LogP contribution is -2.30. The number of rotatable bonds is 4. The van der Waals surface area contributed by atoms with Gasteiger partial charge in [0.25, 0.3) is 0 Å². The minimum atomic E-state index is 0.211. The standard InChI is InChI=1S/C15H21NO3/c1-12-10-16(7-4-8-19-12)11-13-5-6-14(17-2)9-15(13)18-3/h4-6,8-9,12H,7,10-11H2,1-3H3/t12-/m1/s1. The van der Waals surface area contributed by atoms with Crippen molar-refractivity contribution in [3.63, 3.8) is 0 Å². The molecule has 1 aromatic rings. The maximum atomic E-state index is 5.49. The van der Waals surface area contributed by atoms with Gasteiger partial charge in [-0.15, -0.1) is 0 Å². The Balaban J connectivity index is 2.11. The third-order valence-corrected chi connectivity index (χ3v) is 3.17. The minimum absolute atomic E-state index is 0.211. The van der Waals surface area contributed by atoms with E-state index in [2.05, 4.69) is 17.9 Å². The molecule has 0 bridgehead atoms. The van der Waals surface area contributed by atoms with Gasteiger partial charge in [-0.1, -0.05) is 6.07 Å². The zero-order valence-corrected chi connectivity index (χ0v) is 11.8. The topological polar surface area (TPSA) is 30.9 Å². The molecule has 2 rings (SSSR count). The van der Waals surface area contributed by atoms with Crippen LogP contribution in [-0.2, 0) is 11.3 Å². The number of ether oxygens (including phenoxy) is 3. The molecule has 0 aromatic heterocycles. The van der Waals surface area contributed by atoms with E-state index < -0.39 is 0 Å². The van der Waals surface area contributed by atoms with Gasteiger partial charge in [-0.25, -0.2) is 0 Å². The summed E-state index contributed by atoms with van der Waals surface area (Å²) in [5.74, 6) is 1.68. The molecule has 1 heterocycles. The van der Waals surface area contributed by atoms with E-state index in [1.165, 1.54) is 0 Å². The largest absolute Gasteiger partial charge is 0.497 e. The fraction of sp³-hybridized carbons (Fsp3) is 0.467. The van der Waals surface area contributed by atoms with Crippen LogP contribution >= 0.6 is 0 Å². The van der Waals surface area contributed by atoms with Gasteiger partial charge >= 0.3 is 0 Å². The van der Waals surface area contributed by atoms with Crippen molar-refractivity contribution in [1.82, 2.24) is 4.90 Å². The lowest BCUT2D eigenvalue weighted by molar-refractivity contribution is 0.123. The highest BCUT2D eigenvalue weighted by atomic mass is 16.5. The zero-order valence-electron chi connectivity index (χ0n) is 11.8.